The molecule has 1 aromatic rings. The summed E-state index contributed by atoms with van der Waals surface area (Å²) in [5, 5.41) is 3.94. The van der Waals surface area contributed by atoms with E-state index in [4.69, 9.17) is 17.3 Å². The third-order valence-electron chi connectivity index (χ3n) is 2.65. The zero-order valence-corrected chi connectivity index (χ0v) is 9.60. The Balaban J connectivity index is 2.89. The van der Waals surface area contributed by atoms with Crippen molar-refractivity contribution < 1.29 is 0 Å². The highest BCUT2D eigenvalue weighted by molar-refractivity contribution is 6.30. The molecule has 78 valence electrons. The molecule has 1 atom stereocenters. The first-order valence-corrected chi connectivity index (χ1v) is 5.05. The molecule has 3 N–H and O–H groups in total. The first-order valence-electron chi connectivity index (χ1n) is 4.67. The minimum absolute atomic E-state index is 0.0373. The quantitative estimate of drug-likeness (QED) is 0.807. The summed E-state index contributed by atoms with van der Waals surface area (Å²) >= 11 is 5.81. The summed E-state index contributed by atoms with van der Waals surface area (Å²) < 4.78 is 0. The van der Waals surface area contributed by atoms with Crippen LogP contribution in [0.1, 0.15) is 25.5 Å². The molecule has 0 aromatic heterocycles. The first kappa shape index (κ1) is 11.5. The van der Waals surface area contributed by atoms with E-state index in [1.165, 1.54) is 0 Å². The van der Waals surface area contributed by atoms with Crippen LogP contribution in [-0.2, 0) is 0 Å². The van der Waals surface area contributed by atoms with Crippen molar-refractivity contribution in [2.75, 3.05) is 7.05 Å². The molecular weight excluding hydrogens is 196 g/mol. The highest BCUT2D eigenvalue weighted by atomic mass is 35.5. The molecule has 0 aliphatic carbocycles. The lowest BCUT2D eigenvalue weighted by Crippen LogP contribution is -2.46. The van der Waals surface area contributed by atoms with E-state index in [2.05, 4.69) is 19.2 Å². The number of rotatable bonds is 3. The number of hydrogen-bond donors (Lipinski definition) is 2. The van der Waals surface area contributed by atoms with Crippen LogP contribution in [-0.4, -0.2) is 12.6 Å². The molecule has 14 heavy (non-hydrogen) atoms. The van der Waals surface area contributed by atoms with Crippen LogP contribution in [0.4, 0.5) is 0 Å². The van der Waals surface area contributed by atoms with Gasteiger partial charge in [0.25, 0.3) is 0 Å². The van der Waals surface area contributed by atoms with Gasteiger partial charge in [0.15, 0.2) is 0 Å². The Morgan fingerprint density at radius 3 is 2.21 bits per heavy atom. The maximum absolute atomic E-state index is 6.13. The maximum atomic E-state index is 6.13. The molecular formula is C11H17ClN2. The first-order chi connectivity index (χ1) is 6.47. The molecule has 0 bridgehead atoms. The second kappa shape index (κ2) is 4.30. The fourth-order valence-electron chi connectivity index (χ4n) is 1.24. The predicted molar refractivity (Wildman–Crippen MR) is 61.5 cm³/mol. The van der Waals surface area contributed by atoms with Crippen molar-refractivity contribution in [2.24, 2.45) is 5.73 Å². The van der Waals surface area contributed by atoms with Crippen molar-refractivity contribution in [1.82, 2.24) is 5.32 Å². The Bertz CT molecular complexity index is 293. The van der Waals surface area contributed by atoms with Gasteiger partial charge in [-0.3, -0.25) is 0 Å². The Kier molecular flexibility index (Phi) is 3.53. The summed E-state index contributed by atoms with van der Waals surface area (Å²) in [5.74, 6) is 0. The van der Waals surface area contributed by atoms with Crippen LogP contribution in [0.25, 0.3) is 0 Å². The van der Waals surface area contributed by atoms with Crippen LogP contribution in [0, 0.1) is 0 Å². The number of likely N-dealkylation sites (N-methyl/N-ethyl adjacent to an activating group) is 1. The van der Waals surface area contributed by atoms with E-state index < -0.39 is 0 Å². The van der Waals surface area contributed by atoms with Gasteiger partial charge in [0.2, 0.25) is 0 Å². The molecule has 0 spiro atoms. The summed E-state index contributed by atoms with van der Waals surface area (Å²) in [6, 6.07) is 7.62. The molecule has 0 aliphatic rings. The lowest BCUT2D eigenvalue weighted by molar-refractivity contribution is 0.349. The van der Waals surface area contributed by atoms with Gasteiger partial charge in [-0.25, -0.2) is 0 Å². The minimum atomic E-state index is -0.117. The third-order valence-corrected chi connectivity index (χ3v) is 2.90. The molecule has 1 unspecified atom stereocenters. The van der Waals surface area contributed by atoms with Crippen molar-refractivity contribution in [3.05, 3.63) is 34.9 Å². The van der Waals surface area contributed by atoms with E-state index in [0.717, 1.165) is 10.6 Å². The molecule has 0 fully saturated rings. The Morgan fingerprint density at radius 1 is 1.29 bits per heavy atom. The fraction of sp³-hybridized carbons (Fsp3) is 0.455. The van der Waals surface area contributed by atoms with Gasteiger partial charge >= 0.3 is 0 Å². The molecule has 0 amide bonds. The molecule has 0 heterocycles. The van der Waals surface area contributed by atoms with Gasteiger partial charge < -0.3 is 11.1 Å². The van der Waals surface area contributed by atoms with E-state index in [0.29, 0.717) is 0 Å². The second-order valence-corrected chi connectivity index (χ2v) is 4.44. The van der Waals surface area contributed by atoms with Gasteiger partial charge in [0.1, 0.15) is 0 Å². The number of nitrogens with one attached hydrogen (secondary N) is 1. The van der Waals surface area contributed by atoms with Crippen LogP contribution in [0.5, 0.6) is 0 Å². The molecule has 0 aliphatic heterocycles. The van der Waals surface area contributed by atoms with E-state index in [1.54, 1.807) is 0 Å². The number of nitrogens with two attached hydrogens (primary N) is 1. The molecule has 0 saturated heterocycles. The van der Waals surface area contributed by atoms with Crippen molar-refractivity contribution in [3.8, 4) is 0 Å². The summed E-state index contributed by atoms with van der Waals surface area (Å²) in [6.07, 6.45) is 0. The fourth-order valence-corrected chi connectivity index (χ4v) is 1.37. The lowest BCUT2D eigenvalue weighted by atomic mass is 9.90. The highest BCUT2D eigenvalue weighted by Gasteiger charge is 2.25. The average Bonchev–Trinajstić information content (AvgIpc) is 2.18. The topological polar surface area (TPSA) is 38.0 Å². The van der Waals surface area contributed by atoms with Crippen molar-refractivity contribution in [1.29, 1.82) is 0 Å². The lowest BCUT2D eigenvalue weighted by Gasteiger charge is -2.31. The molecule has 0 radical (unpaired) electrons. The molecule has 1 aromatic carbocycles. The van der Waals surface area contributed by atoms with E-state index in [9.17, 15) is 0 Å². The van der Waals surface area contributed by atoms with Gasteiger partial charge in [0.05, 0.1) is 0 Å². The van der Waals surface area contributed by atoms with Gasteiger partial charge in [-0.05, 0) is 38.6 Å². The minimum Gasteiger partial charge on any atom is -0.322 e. The summed E-state index contributed by atoms with van der Waals surface area (Å²) in [5.41, 5.74) is 7.10. The normalized spacial score (nSPS) is 14.1. The molecule has 2 nitrogen and oxygen atoms in total. The van der Waals surface area contributed by atoms with Gasteiger partial charge in [-0.1, -0.05) is 23.7 Å². The van der Waals surface area contributed by atoms with Crippen molar-refractivity contribution in [3.63, 3.8) is 0 Å². The van der Waals surface area contributed by atoms with E-state index >= 15 is 0 Å². The van der Waals surface area contributed by atoms with Crippen molar-refractivity contribution >= 4 is 11.6 Å². The Morgan fingerprint density at radius 2 is 1.79 bits per heavy atom. The van der Waals surface area contributed by atoms with Crippen LogP contribution in [0.15, 0.2) is 24.3 Å². The molecule has 3 heteroatoms. The van der Waals surface area contributed by atoms with E-state index in [-0.39, 0.29) is 11.6 Å². The monoisotopic (exact) mass is 212 g/mol. The summed E-state index contributed by atoms with van der Waals surface area (Å²) in [6.45, 7) is 4.15. The highest BCUT2D eigenvalue weighted by Crippen LogP contribution is 2.23. The van der Waals surface area contributed by atoms with Crippen molar-refractivity contribution in [2.45, 2.75) is 25.4 Å². The van der Waals surface area contributed by atoms with Crippen LogP contribution >= 0.6 is 11.6 Å². The number of benzene rings is 1. The van der Waals surface area contributed by atoms with E-state index in [1.807, 2.05) is 31.3 Å². The predicted octanol–water partition coefficient (Wildman–Crippen LogP) is 2.34. The van der Waals surface area contributed by atoms with Crippen LogP contribution < -0.4 is 11.1 Å². The summed E-state index contributed by atoms with van der Waals surface area (Å²) in [7, 11) is 1.91. The average molecular weight is 213 g/mol. The SMILES string of the molecule is CNC(C)(C)C(N)c1ccc(Cl)cc1. The standard InChI is InChI=1S/C11H17ClN2/c1-11(2,14-3)10(13)8-4-6-9(12)7-5-8/h4-7,10,14H,13H2,1-3H3. The van der Waals surface area contributed by atoms with Crippen LogP contribution in [0.3, 0.4) is 0 Å². The summed E-state index contributed by atoms with van der Waals surface area (Å²) in [4.78, 5) is 0. The number of halogens is 1. The third kappa shape index (κ3) is 2.47. The zero-order chi connectivity index (χ0) is 10.8. The van der Waals surface area contributed by atoms with Gasteiger partial charge in [-0.15, -0.1) is 0 Å². The Hall–Kier alpha value is -0.570. The maximum Gasteiger partial charge on any atom is 0.0474 e. The van der Waals surface area contributed by atoms with Gasteiger partial charge in [0, 0.05) is 16.6 Å². The largest absolute Gasteiger partial charge is 0.322 e. The second-order valence-electron chi connectivity index (χ2n) is 4.00. The number of hydrogen-bond acceptors (Lipinski definition) is 2. The molecule has 0 saturated carbocycles. The zero-order valence-electron chi connectivity index (χ0n) is 8.84. The van der Waals surface area contributed by atoms with Gasteiger partial charge in [-0.2, -0.15) is 0 Å². The Labute approximate surface area is 90.4 Å². The smallest absolute Gasteiger partial charge is 0.0474 e. The van der Waals surface area contributed by atoms with Crippen LogP contribution in [0.2, 0.25) is 5.02 Å². The molecule has 1 rings (SSSR count).